The molecule has 0 bridgehead atoms. The van der Waals surface area contributed by atoms with Crippen LogP contribution in [0.5, 0.6) is 0 Å². The molecule has 3 rings (SSSR count). The predicted molar refractivity (Wildman–Crippen MR) is 102 cm³/mol. The molecule has 2 saturated heterocycles. The Bertz CT molecular complexity index is 482. The number of aliphatic hydroxyl groups is 1. The Hall–Kier alpha value is -0.940. The third kappa shape index (κ3) is 6.07. The van der Waals surface area contributed by atoms with E-state index in [-0.39, 0.29) is 6.10 Å². The minimum Gasteiger partial charge on any atom is -0.390 e. The van der Waals surface area contributed by atoms with Crippen molar-refractivity contribution < 1.29 is 9.84 Å². The van der Waals surface area contributed by atoms with Gasteiger partial charge in [0.25, 0.3) is 0 Å². The molecule has 140 valence electrons. The van der Waals surface area contributed by atoms with E-state index in [1.54, 1.807) is 0 Å². The second kappa shape index (κ2) is 9.67. The van der Waals surface area contributed by atoms with Crippen molar-refractivity contribution in [2.24, 2.45) is 11.8 Å². The molecule has 2 fully saturated rings. The molecular formula is C21H34N2O2. The molecule has 25 heavy (non-hydrogen) atoms. The number of β-amino-alcohol motifs (C(OH)–C–C–N with tert-alkyl or cyclic N) is 1. The average Bonchev–Trinajstić information content (AvgIpc) is 3.14. The van der Waals surface area contributed by atoms with Crippen LogP contribution in [-0.4, -0.2) is 55.5 Å². The summed E-state index contributed by atoms with van der Waals surface area (Å²) in [5.74, 6) is 1.46. The summed E-state index contributed by atoms with van der Waals surface area (Å²) in [5, 5.41) is 14.1. The van der Waals surface area contributed by atoms with Gasteiger partial charge in [0.05, 0.1) is 6.10 Å². The average molecular weight is 347 g/mol. The Morgan fingerprint density at radius 1 is 1.20 bits per heavy atom. The zero-order valence-electron chi connectivity index (χ0n) is 15.6. The minimum absolute atomic E-state index is 0.295. The van der Waals surface area contributed by atoms with Crippen LogP contribution in [0, 0.1) is 11.8 Å². The molecule has 0 aromatic heterocycles. The summed E-state index contributed by atoms with van der Waals surface area (Å²) in [6.07, 6.45) is 4.44. The molecule has 0 aliphatic carbocycles. The van der Waals surface area contributed by atoms with Crippen molar-refractivity contribution in [3.8, 4) is 0 Å². The van der Waals surface area contributed by atoms with E-state index < -0.39 is 0 Å². The zero-order chi connectivity index (χ0) is 17.5. The monoisotopic (exact) mass is 346 g/mol. The van der Waals surface area contributed by atoms with Crippen molar-refractivity contribution in [1.82, 2.24) is 10.2 Å². The molecule has 3 unspecified atom stereocenters. The summed E-state index contributed by atoms with van der Waals surface area (Å²) in [6, 6.07) is 10.9. The highest BCUT2D eigenvalue weighted by Crippen LogP contribution is 2.26. The van der Waals surface area contributed by atoms with E-state index in [0.29, 0.717) is 18.5 Å². The van der Waals surface area contributed by atoms with E-state index >= 15 is 0 Å². The van der Waals surface area contributed by atoms with Gasteiger partial charge in [-0.3, -0.25) is 0 Å². The molecule has 1 aromatic carbocycles. The molecule has 0 saturated carbocycles. The number of nitrogens with one attached hydrogen (secondary N) is 1. The van der Waals surface area contributed by atoms with Crippen LogP contribution in [0.1, 0.15) is 44.2 Å². The van der Waals surface area contributed by atoms with Crippen LogP contribution in [0.2, 0.25) is 0 Å². The van der Waals surface area contributed by atoms with Crippen LogP contribution in [-0.2, 0) is 4.74 Å². The largest absolute Gasteiger partial charge is 0.390 e. The highest BCUT2D eigenvalue weighted by atomic mass is 16.5. The first-order chi connectivity index (χ1) is 12.2. The third-order valence-electron chi connectivity index (χ3n) is 5.74. The van der Waals surface area contributed by atoms with Crippen LogP contribution >= 0.6 is 0 Å². The Kier molecular flexibility index (Phi) is 7.29. The zero-order valence-corrected chi connectivity index (χ0v) is 15.6. The number of aliphatic hydroxyl groups excluding tert-OH is 1. The van der Waals surface area contributed by atoms with Crippen molar-refractivity contribution in [2.75, 3.05) is 39.4 Å². The van der Waals surface area contributed by atoms with Gasteiger partial charge in [-0.15, -0.1) is 0 Å². The normalized spacial score (nSPS) is 25.1. The van der Waals surface area contributed by atoms with E-state index in [2.05, 4.69) is 47.5 Å². The number of piperidine rings is 1. The number of benzene rings is 1. The molecule has 4 nitrogen and oxygen atoms in total. The SMILES string of the molecule is CC1CCN(CC(O)CNC(CC2CCOC2)c2ccccc2)CC1. The molecule has 4 heteroatoms. The van der Waals surface area contributed by atoms with E-state index in [0.717, 1.165) is 51.6 Å². The second-order valence-corrected chi connectivity index (χ2v) is 7.97. The molecule has 3 atom stereocenters. The van der Waals surface area contributed by atoms with Gasteiger partial charge in [-0.2, -0.15) is 0 Å². The fraction of sp³-hybridized carbons (Fsp3) is 0.714. The summed E-state index contributed by atoms with van der Waals surface area (Å²) in [6.45, 7) is 7.78. The van der Waals surface area contributed by atoms with E-state index in [1.165, 1.54) is 18.4 Å². The molecule has 2 N–H and O–H groups in total. The number of hydrogen-bond donors (Lipinski definition) is 2. The van der Waals surface area contributed by atoms with Crippen LogP contribution in [0.25, 0.3) is 0 Å². The molecule has 0 radical (unpaired) electrons. The first-order valence-corrected chi connectivity index (χ1v) is 9.97. The van der Waals surface area contributed by atoms with Crippen LogP contribution < -0.4 is 5.32 Å². The highest BCUT2D eigenvalue weighted by molar-refractivity contribution is 5.19. The summed E-state index contributed by atoms with van der Waals surface area (Å²) >= 11 is 0. The topological polar surface area (TPSA) is 44.7 Å². The first kappa shape index (κ1) is 18.8. The first-order valence-electron chi connectivity index (χ1n) is 9.97. The quantitative estimate of drug-likeness (QED) is 0.760. The Balaban J connectivity index is 1.49. The molecule has 0 spiro atoms. The van der Waals surface area contributed by atoms with E-state index in [1.807, 2.05) is 0 Å². The van der Waals surface area contributed by atoms with Crippen molar-refractivity contribution in [2.45, 2.75) is 44.8 Å². The van der Waals surface area contributed by atoms with Gasteiger partial charge in [-0.25, -0.2) is 0 Å². The van der Waals surface area contributed by atoms with Gasteiger partial charge >= 0.3 is 0 Å². The standard InChI is InChI=1S/C21H34N2O2/c1-17-7-10-23(11-8-17)15-20(24)14-22-21(13-18-9-12-25-16-18)19-5-3-2-4-6-19/h2-6,17-18,20-22,24H,7-16H2,1H3. The van der Waals surface area contributed by atoms with Crippen molar-refractivity contribution >= 4 is 0 Å². The van der Waals surface area contributed by atoms with Gasteiger partial charge < -0.3 is 20.1 Å². The number of likely N-dealkylation sites (tertiary alicyclic amines) is 1. The number of ether oxygens (including phenoxy) is 1. The lowest BCUT2D eigenvalue weighted by Gasteiger charge is -2.32. The summed E-state index contributed by atoms with van der Waals surface area (Å²) in [5.41, 5.74) is 1.31. The lowest BCUT2D eigenvalue weighted by Crippen LogP contribution is -2.42. The van der Waals surface area contributed by atoms with E-state index in [9.17, 15) is 5.11 Å². The van der Waals surface area contributed by atoms with Crippen molar-refractivity contribution in [3.63, 3.8) is 0 Å². The predicted octanol–water partition coefficient (Wildman–Crippen LogP) is 2.84. The maximum absolute atomic E-state index is 10.5. The fourth-order valence-electron chi connectivity index (χ4n) is 4.01. The Morgan fingerprint density at radius 3 is 2.64 bits per heavy atom. The molecule has 2 aliphatic heterocycles. The third-order valence-corrected chi connectivity index (χ3v) is 5.74. The van der Waals surface area contributed by atoms with Gasteiger partial charge in [-0.1, -0.05) is 37.3 Å². The molecule has 1 aromatic rings. The number of rotatable bonds is 8. The lowest BCUT2D eigenvalue weighted by molar-refractivity contribution is 0.0878. The Morgan fingerprint density at radius 2 is 1.96 bits per heavy atom. The van der Waals surface area contributed by atoms with Crippen LogP contribution in [0.15, 0.2) is 30.3 Å². The maximum Gasteiger partial charge on any atom is 0.0791 e. The lowest BCUT2D eigenvalue weighted by atomic mass is 9.94. The minimum atomic E-state index is -0.306. The van der Waals surface area contributed by atoms with Crippen LogP contribution in [0.3, 0.4) is 0 Å². The van der Waals surface area contributed by atoms with Gasteiger partial charge in [0, 0.05) is 32.3 Å². The highest BCUT2D eigenvalue weighted by Gasteiger charge is 2.23. The van der Waals surface area contributed by atoms with E-state index in [4.69, 9.17) is 4.74 Å². The second-order valence-electron chi connectivity index (χ2n) is 7.97. The molecular weight excluding hydrogens is 312 g/mol. The number of nitrogens with zero attached hydrogens (tertiary/aromatic N) is 1. The Labute approximate surface area is 152 Å². The summed E-state index contributed by atoms with van der Waals surface area (Å²) in [4.78, 5) is 2.41. The fourth-order valence-corrected chi connectivity index (χ4v) is 4.01. The van der Waals surface area contributed by atoms with Crippen molar-refractivity contribution in [3.05, 3.63) is 35.9 Å². The number of hydrogen-bond acceptors (Lipinski definition) is 4. The molecule has 2 heterocycles. The summed E-state index contributed by atoms with van der Waals surface area (Å²) in [7, 11) is 0. The molecule has 2 aliphatic rings. The maximum atomic E-state index is 10.5. The van der Waals surface area contributed by atoms with Gasteiger partial charge in [0.2, 0.25) is 0 Å². The smallest absolute Gasteiger partial charge is 0.0791 e. The van der Waals surface area contributed by atoms with Crippen LogP contribution in [0.4, 0.5) is 0 Å². The molecule has 0 amide bonds. The van der Waals surface area contributed by atoms with Gasteiger partial charge in [0.1, 0.15) is 0 Å². The summed E-state index contributed by atoms with van der Waals surface area (Å²) < 4.78 is 5.54. The van der Waals surface area contributed by atoms with Gasteiger partial charge in [0.15, 0.2) is 0 Å². The van der Waals surface area contributed by atoms with Crippen molar-refractivity contribution in [1.29, 1.82) is 0 Å². The van der Waals surface area contributed by atoms with Gasteiger partial charge in [-0.05, 0) is 56.2 Å².